The number of benzene rings is 2. The van der Waals surface area contributed by atoms with Gasteiger partial charge in [-0.25, -0.2) is 0 Å². The highest BCUT2D eigenvalue weighted by atomic mass is 35.5. The maximum Gasteiger partial charge on any atom is 0.256 e. The first kappa shape index (κ1) is 24.1. The van der Waals surface area contributed by atoms with Crippen LogP contribution in [0, 0.1) is 0 Å². The van der Waals surface area contributed by atoms with Gasteiger partial charge >= 0.3 is 0 Å². The van der Waals surface area contributed by atoms with Crippen LogP contribution in [0.1, 0.15) is 11.1 Å². The van der Waals surface area contributed by atoms with Crippen molar-refractivity contribution in [3.05, 3.63) is 71.9 Å². The number of amides is 2. The van der Waals surface area contributed by atoms with Crippen molar-refractivity contribution < 1.29 is 14.3 Å². The number of carbonyl (C=O) groups excluding carboxylic acids is 2. The number of para-hydroxylation sites is 1. The van der Waals surface area contributed by atoms with Crippen LogP contribution < -0.4 is 0 Å². The third kappa shape index (κ3) is 6.48. The third-order valence-corrected chi connectivity index (χ3v) is 5.66. The van der Waals surface area contributed by atoms with Gasteiger partial charge in [0.05, 0.1) is 13.2 Å². The van der Waals surface area contributed by atoms with Crippen LogP contribution in [0.3, 0.4) is 0 Å². The van der Waals surface area contributed by atoms with Gasteiger partial charge < -0.3 is 19.5 Å². The number of halogens is 2. The molecule has 8 heteroatoms. The Hall–Kier alpha value is -2.54. The quantitative estimate of drug-likeness (QED) is 0.426. The zero-order chi connectivity index (χ0) is 22.9. The number of nitrogens with one attached hydrogen (secondary N) is 1. The number of nitrogens with zero attached hydrogens (tertiary/aromatic N) is 2. The number of rotatable bonds is 11. The van der Waals surface area contributed by atoms with E-state index in [0.717, 1.165) is 22.0 Å². The van der Waals surface area contributed by atoms with Crippen LogP contribution in [0.25, 0.3) is 10.9 Å². The molecule has 1 N–H and O–H groups in total. The van der Waals surface area contributed by atoms with Crippen LogP contribution in [0.2, 0.25) is 0 Å². The van der Waals surface area contributed by atoms with Gasteiger partial charge in [0.2, 0.25) is 5.91 Å². The Balaban J connectivity index is 1.76. The van der Waals surface area contributed by atoms with Crippen molar-refractivity contribution in [1.29, 1.82) is 0 Å². The van der Waals surface area contributed by atoms with Crippen LogP contribution in [0.5, 0.6) is 0 Å². The lowest BCUT2D eigenvalue weighted by molar-refractivity contribution is -0.140. The van der Waals surface area contributed by atoms with Gasteiger partial charge in [-0.05, 0) is 23.6 Å². The molecule has 0 fully saturated rings. The summed E-state index contributed by atoms with van der Waals surface area (Å²) in [5, 5.41) is 1.14. The van der Waals surface area contributed by atoms with E-state index in [4.69, 9.17) is 27.9 Å². The number of alkyl halides is 2. The molecule has 3 aromatic rings. The highest BCUT2D eigenvalue weighted by Gasteiger charge is 2.25. The number of fused-ring (bicyclic) bond motifs is 1. The summed E-state index contributed by atoms with van der Waals surface area (Å²) in [6.07, 6.45) is 2.66. The second-order valence-electron chi connectivity index (χ2n) is 7.46. The van der Waals surface area contributed by atoms with Gasteiger partial charge in [0.15, 0.2) is 4.84 Å². The van der Waals surface area contributed by atoms with Crippen LogP contribution in [0.15, 0.2) is 60.8 Å². The van der Waals surface area contributed by atoms with Crippen LogP contribution in [-0.2, 0) is 27.3 Å². The molecular formula is C24H27Cl2N3O3. The predicted octanol–water partition coefficient (Wildman–Crippen LogP) is 4.02. The first-order chi connectivity index (χ1) is 15.5. The molecule has 0 spiro atoms. The van der Waals surface area contributed by atoms with E-state index < -0.39 is 10.7 Å². The highest BCUT2D eigenvalue weighted by Crippen LogP contribution is 2.19. The molecule has 0 atom stereocenters. The van der Waals surface area contributed by atoms with Gasteiger partial charge in [-0.3, -0.25) is 9.59 Å². The normalized spacial score (nSPS) is 11.1. The lowest BCUT2D eigenvalue weighted by atomic mass is 10.1. The fraction of sp³-hybridized carbons (Fsp3) is 0.333. The van der Waals surface area contributed by atoms with E-state index in [1.165, 1.54) is 12.0 Å². The number of hydrogen-bond donors (Lipinski definition) is 1. The minimum absolute atomic E-state index is 0.112. The molecule has 170 valence electrons. The van der Waals surface area contributed by atoms with Crippen molar-refractivity contribution in [3.63, 3.8) is 0 Å². The predicted molar refractivity (Wildman–Crippen MR) is 128 cm³/mol. The molecule has 0 aliphatic carbocycles. The Morgan fingerprint density at radius 1 is 1.00 bits per heavy atom. The topological polar surface area (TPSA) is 65.6 Å². The van der Waals surface area contributed by atoms with Gasteiger partial charge in [0.25, 0.3) is 5.91 Å². The monoisotopic (exact) mass is 475 g/mol. The Bertz CT molecular complexity index is 1020. The van der Waals surface area contributed by atoms with Crippen molar-refractivity contribution in [3.8, 4) is 0 Å². The molecule has 0 aliphatic rings. The van der Waals surface area contributed by atoms with E-state index >= 15 is 0 Å². The fourth-order valence-corrected chi connectivity index (χ4v) is 3.84. The molecule has 32 heavy (non-hydrogen) atoms. The maximum absolute atomic E-state index is 13.3. The van der Waals surface area contributed by atoms with Crippen LogP contribution in [0.4, 0.5) is 0 Å². The van der Waals surface area contributed by atoms with E-state index in [0.29, 0.717) is 19.5 Å². The second kappa shape index (κ2) is 11.9. The SMILES string of the molecule is COCCN(CC(=O)N(CCc1c[nH]c2ccccc12)Cc1ccccc1)C(=O)C(Cl)Cl. The van der Waals surface area contributed by atoms with Crippen LogP contribution >= 0.6 is 23.2 Å². The van der Waals surface area contributed by atoms with Crippen molar-refractivity contribution in [2.24, 2.45) is 0 Å². The molecule has 0 unspecified atom stereocenters. The summed E-state index contributed by atoms with van der Waals surface area (Å²) < 4.78 is 5.07. The molecule has 1 heterocycles. The lowest BCUT2D eigenvalue weighted by Crippen LogP contribution is -2.46. The Kier molecular flexibility index (Phi) is 8.97. The van der Waals surface area contributed by atoms with Crippen LogP contribution in [-0.4, -0.2) is 64.8 Å². The fourth-order valence-electron chi connectivity index (χ4n) is 3.56. The summed E-state index contributed by atoms with van der Waals surface area (Å²) in [6, 6.07) is 17.9. The lowest BCUT2D eigenvalue weighted by Gasteiger charge is -2.28. The summed E-state index contributed by atoms with van der Waals surface area (Å²) in [4.78, 5) is 30.8. The summed E-state index contributed by atoms with van der Waals surface area (Å²) in [5.74, 6) is -0.679. The van der Waals surface area contributed by atoms with Gasteiger partial charge in [-0.1, -0.05) is 71.7 Å². The largest absolute Gasteiger partial charge is 0.383 e. The average Bonchev–Trinajstić information content (AvgIpc) is 3.22. The average molecular weight is 476 g/mol. The molecule has 0 bridgehead atoms. The number of ether oxygens (including phenoxy) is 1. The molecule has 2 amide bonds. The van der Waals surface area contributed by atoms with Crippen molar-refractivity contribution in [2.45, 2.75) is 17.8 Å². The van der Waals surface area contributed by atoms with Crippen molar-refractivity contribution >= 4 is 45.9 Å². The van der Waals surface area contributed by atoms with Crippen molar-refractivity contribution in [2.75, 3.05) is 33.4 Å². The number of carbonyl (C=O) groups is 2. The molecule has 2 aromatic carbocycles. The molecular weight excluding hydrogens is 449 g/mol. The Labute approximate surface area is 198 Å². The standard InChI is InChI=1S/C24H27Cl2N3O3/c1-32-14-13-29(24(31)23(25)26)17-22(30)28(16-18-7-3-2-4-8-18)12-11-19-15-27-21-10-6-5-9-20(19)21/h2-10,15,23,27H,11-14,16-17H2,1H3. The van der Waals surface area contributed by atoms with E-state index in [1.807, 2.05) is 54.7 Å². The van der Waals surface area contributed by atoms with Gasteiger partial charge in [0, 0.05) is 43.8 Å². The van der Waals surface area contributed by atoms with Gasteiger partial charge in [-0.2, -0.15) is 0 Å². The minimum Gasteiger partial charge on any atom is -0.383 e. The van der Waals surface area contributed by atoms with Crippen molar-refractivity contribution in [1.82, 2.24) is 14.8 Å². The molecule has 6 nitrogen and oxygen atoms in total. The first-order valence-electron chi connectivity index (χ1n) is 10.4. The number of aromatic nitrogens is 1. The van der Waals surface area contributed by atoms with E-state index in [1.54, 1.807) is 4.90 Å². The summed E-state index contributed by atoms with van der Waals surface area (Å²) in [7, 11) is 1.53. The summed E-state index contributed by atoms with van der Waals surface area (Å²) in [5.41, 5.74) is 3.22. The molecule has 3 rings (SSSR count). The summed E-state index contributed by atoms with van der Waals surface area (Å²) in [6.45, 7) is 1.36. The zero-order valence-electron chi connectivity index (χ0n) is 18.0. The molecule has 0 saturated carbocycles. The third-order valence-electron chi connectivity index (χ3n) is 5.28. The number of hydrogen-bond acceptors (Lipinski definition) is 3. The molecule has 1 aromatic heterocycles. The zero-order valence-corrected chi connectivity index (χ0v) is 19.5. The Morgan fingerprint density at radius 3 is 2.44 bits per heavy atom. The molecule has 0 radical (unpaired) electrons. The molecule has 0 aliphatic heterocycles. The van der Waals surface area contributed by atoms with Gasteiger partial charge in [0.1, 0.15) is 0 Å². The van der Waals surface area contributed by atoms with E-state index in [9.17, 15) is 9.59 Å². The second-order valence-corrected chi connectivity index (χ2v) is 8.56. The number of H-pyrrole nitrogens is 1. The minimum atomic E-state index is -1.23. The smallest absolute Gasteiger partial charge is 0.256 e. The van der Waals surface area contributed by atoms with Gasteiger partial charge in [-0.15, -0.1) is 0 Å². The van der Waals surface area contributed by atoms with E-state index in [-0.39, 0.29) is 25.6 Å². The molecule has 0 saturated heterocycles. The van der Waals surface area contributed by atoms with E-state index in [2.05, 4.69) is 11.1 Å². The maximum atomic E-state index is 13.3. The highest BCUT2D eigenvalue weighted by molar-refractivity contribution is 6.53. The number of methoxy groups -OCH3 is 1. The summed E-state index contributed by atoms with van der Waals surface area (Å²) >= 11 is 11.6. The number of aromatic amines is 1. The first-order valence-corrected chi connectivity index (χ1v) is 11.3. The Morgan fingerprint density at radius 2 is 1.72 bits per heavy atom.